The smallest absolute Gasteiger partial charge is 0.227 e. The molecule has 1 aromatic rings. The highest BCUT2D eigenvalue weighted by Gasteiger charge is 2.22. The van der Waals surface area contributed by atoms with Gasteiger partial charge in [0.15, 0.2) is 0 Å². The Bertz CT molecular complexity index is 422. The quantitative estimate of drug-likeness (QED) is 0.822. The van der Waals surface area contributed by atoms with Gasteiger partial charge in [0.1, 0.15) is 5.82 Å². The van der Waals surface area contributed by atoms with Gasteiger partial charge < -0.3 is 9.64 Å². The van der Waals surface area contributed by atoms with Crippen LogP contribution in [0.15, 0.2) is 24.3 Å². The Kier molecular flexibility index (Phi) is 4.31. The molecule has 1 atom stereocenters. The third-order valence-electron chi connectivity index (χ3n) is 3.19. The molecule has 4 heteroatoms. The van der Waals surface area contributed by atoms with E-state index >= 15 is 0 Å². The zero-order valence-electron chi connectivity index (χ0n) is 10.6. The zero-order chi connectivity index (χ0) is 13.0. The molecule has 1 aliphatic rings. The van der Waals surface area contributed by atoms with Crippen molar-refractivity contribution < 1.29 is 13.9 Å². The molecular weight excluding hydrogens is 233 g/mol. The van der Waals surface area contributed by atoms with Crippen molar-refractivity contribution in [2.24, 2.45) is 0 Å². The second-order valence-corrected chi connectivity index (χ2v) is 4.55. The number of nitrogens with zero attached hydrogens (tertiary/aromatic N) is 1. The minimum atomic E-state index is -0.297. The lowest BCUT2D eigenvalue weighted by atomic mass is 10.1. The molecule has 0 bridgehead atoms. The summed E-state index contributed by atoms with van der Waals surface area (Å²) < 4.78 is 18.6. The Morgan fingerprint density at radius 3 is 3.11 bits per heavy atom. The zero-order valence-corrected chi connectivity index (χ0v) is 10.6. The minimum absolute atomic E-state index is 0.0438. The fourth-order valence-corrected chi connectivity index (χ4v) is 2.13. The standard InChI is InChI=1S/C14H18FNO2/c1-2-13-10-16(6-7-18-13)14(17)9-11-4-3-5-12(15)8-11/h3-5,8,13H,2,6-7,9-10H2,1H3. The second kappa shape index (κ2) is 5.96. The first-order valence-electron chi connectivity index (χ1n) is 6.33. The van der Waals surface area contributed by atoms with Gasteiger partial charge in [0.2, 0.25) is 5.91 Å². The topological polar surface area (TPSA) is 29.5 Å². The summed E-state index contributed by atoms with van der Waals surface area (Å²) in [6, 6.07) is 6.20. The van der Waals surface area contributed by atoms with Gasteiger partial charge in [0.25, 0.3) is 0 Å². The van der Waals surface area contributed by atoms with E-state index in [1.54, 1.807) is 12.1 Å². The molecule has 1 fully saturated rings. The summed E-state index contributed by atoms with van der Waals surface area (Å²) >= 11 is 0. The molecule has 1 heterocycles. The van der Waals surface area contributed by atoms with Crippen molar-refractivity contribution in [3.05, 3.63) is 35.6 Å². The normalized spacial score (nSPS) is 19.9. The first-order valence-corrected chi connectivity index (χ1v) is 6.33. The van der Waals surface area contributed by atoms with Crippen LogP contribution in [0, 0.1) is 5.82 Å². The first-order chi connectivity index (χ1) is 8.69. The average molecular weight is 251 g/mol. The lowest BCUT2D eigenvalue weighted by Gasteiger charge is -2.32. The summed E-state index contributed by atoms with van der Waals surface area (Å²) in [7, 11) is 0. The Labute approximate surface area is 107 Å². The lowest BCUT2D eigenvalue weighted by molar-refractivity contribution is -0.138. The van der Waals surface area contributed by atoms with Gasteiger partial charge >= 0.3 is 0 Å². The van der Waals surface area contributed by atoms with Crippen molar-refractivity contribution >= 4 is 5.91 Å². The van der Waals surface area contributed by atoms with Crippen LogP contribution in [-0.2, 0) is 16.0 Å². The summed E-state index contributed by atoms with van der Waals surface area (Å²) in [5, 5.41) is 0. The Morgan fingerprint density at radius 2 is 2.39 bits per heavy atom. The number of ether oxygens (including phenoxy) is 1. The molecule has 0 saturated carbocycles. The molecule has 1 saturated heterocycles. The average Bonchev–Trinajstić information content (AvgIpc) is 2.39. The van der Waals surface area contributed by atoms with Crippen molar-refractivity contribution in [1.29, 1.82) is 0 Å². The molecule has 1 unspecified atom stereocenters. The molecule has 3 nitrogen and oxygen atoms in total. The Morgan fingerprint density at radius 1 is 1.56 bits per heavy atom. The fourth-order valence-electron chi connectivity index (χ4n) is 2.13. The summed E-state index contributed by atoms with van der Waals surface area (Å²) in [4.78, 5) is 13.9. The molecule has 1 aromatic carbocycles. The number of carbonyl (C=O) groups is 1. The number of rotatable bonds is 3. The number of amides is 1. The largest absolute Gasteiger partial charge is 0.375 e. The van der Waals surface area contributed by atoms with E-state index in [1.807, 2.05) is 11.8 Å². The van der Waals surface area contributed by atoms with Crippen LogP contribution in [0.2, 0.25) is 0 Å². The Hall–Kier alpha value is -1.42. The fraction of sp³-hybridized carbons (Fsp3) is 0.500. The number of hydrogen-bond acceptors (Lipinski definition) is 2. The third kappa shape index (κ3) is 3.29. The van der Waals surface area contributed by atoms with E-state index in [0.717, 1.165) is 12.0 Å². The van der Waals surface area contributed by atoms with E-state index in [0.29, 0.717) is 19.7 Å². The SMILES string of the molecule is CCC1CN(C(=O)Cc2cccc(F)c2)CCO1. The van der Waals surface area contributed by atoms with Crippen LogP contribution in [0.3, 0.4) is 0 Å². The maximum atomic E-state index is 13.0. The van der Waals surface area contributed by atoms with Gasteiger partial charge in [-0.05, 0) is 24.1 Å². The molecule has 0 aliphatic carbocycles. The number of carbonyl (C=O) groups excluding carboxylic acids is 1. The third-order valence-corrected chi connectivity index (χ3v) is 3.19. The predicted molar refractivity (Wildman–Crippen MR) is 66.7 cm³/mol. The van der Waals surface area contributed by atoms with E-state index in [2.05, 4.69) is 0 Å². The molecule has 18 heavy (non-hydrogen) atoms. The monoisotopic (exact) mass is 251 g/mol. The highest BCUT2D eigenvalue weighted by molar-refractivity contribution is 5.78. The van der Waals surface area contributed by atoms with Gasteiger partial charge in [-0.2, -0.15) is 0 Å². The maximum Gasteiger partial charge on any atom is 0.227 e. The first kappa shape index (κ1) is 13.0. The van der Waals surface area contributed by atoms with Crippen LogP contribution in [0.25, 0.3) is 0 Å². The van der Waals surface area contributed by atoms with Crippen LogP contribution < -0.4 is 0 Å². The van der Waals surface area contributed by atoms with Gasteiger partial charge in [-0.15, -0.1) is 0 Å². The van der Waals surface area contributed by atoms with Crippen LogP contribution >= 0.6 is 0 Å². The summed E-state index contributed by atoms with van der Waals surface area (Å²) in [6.45, 7) is 3.91. The van der Waals surface area contributed by atoms with Crippen molar-refractivity contribution in [1.82, 2.24) is 4.90 Å². The number of hydrogen-bond donors (Lipinski definition) is 0. The summed E-state index contributed by atoms with van der Waals surface area (Å²) in [6.07, 6.45) is 1.30. The van der Waals surface area contributed by atoms with Crippen molar-refractivity contribution in [2.45, 2.75) is 25.9 Å². The van der Waals surface area contributed by atoms with E-state index in [1.165, 1.54) is 12.1 Å². The van der Waals surface area contributed by atoms with Crippen LogP contribution in [0.5, 0.6) is 0 Å². The highest BCUT2D eigenvalue weighted by Crippen LogP contribution is 2.11. The van der Waals surface area contributed by atoms with Crippen molar-refractivity contribution in [3.8, 4) is 0 Å². The molecule has 0 spiro atoms. The molecule has 1 aliphatic heterocycles. The van der Waals surface area contributed by atoms with E-state index in [4.69, 9.17) is 4.74 Å². The van der Waals surface area contributed by atoms with Gasteiger partial charge in [-0.25, -0.2) is 4.39 Å². The molecule has 98 valence electrons. The number of morpholine rings is 1. The number of halogens is 1. The molecular formula is C14H18FNO2. The van der Waals surface area contributed by atoms with E-state index in [-0.39, 0.29) is 24.2 Å². The van der Waals surface area contributed by atoms with Gasteiger partial charge in [-0.3, -0.25) is 4.79 Å². The molecule has 0 radical (unpaired) electrons. The van der Waals surface area contributed by atoms with Gasteiger partial charge in [-0.1, -0.05) is 19.1 Å². The predicted octanol–water partition coefficient (Wildman–Crippen LogP) is 2.01. The van der Waals surface area contributed by atoms with Crippen molar-refractivity contribution in [3.63, 3.8) is 0 Å². The number of benzene rings is 1. The molecule has 0 aromatic heterocycles. The molecule has 2 rings (SSSR count). The highest BCUT2D eigenvalue weighted by atomic mass is 19.1. The van der Waals surface area contributed by atoms with Gasteiger partial charge in [0.05, 0.1) is 19.1 Å². The molecule has 0 N–H and O–H groups in total. The van der Waals surface area contributed by atoms with Crippen LogP contribution in [0.4, 0.5) is 4.39 Å². The molecule has 1 amide bonds. The van der Waals surface area contributed by atoms with Crippen LogP contribution in [-0.4, -0.2) is 36.6 Å². The van der Waals surface area contributed by atoms with E-state index in [9.17, 15) is 9.18 Å². The van der Waals surface area contributed by atoms with Crippen molar-refractivity contribution in [2.75, 3.05) is 19.7 Å². The Balaban J connectivity index is 1.95. The van der Waals surface area contributed by atoms with Gasteiger partial charge in [0, 0.05) is 13.1 Å². The second-order valence-electron chi connectivity index (χ2n) is 4.55. The minimum Gasteiger partial charge on any atom is -0.375 e. The summed E-state index contributed by atoms with van der Waals surface area (Å²) in [5.74, 6) is -0.254. The van der Waals surface area contributed by atoms with Crippen LogP contribution in [0.1, 0.15) is 18.9 Å². The maximum absolute atomic E-state index is 13.0. The lowest BCUT2D eigenvalue weighted by Crippen LogP contribution is -2.45. The van der Waals surface area contributed by atoms with E-state index < -0.39 is 0 Å². The summed E-state index contributed by atoms with van der Waals surface area (Å²) in [5.41, 5.74) is 0.722.